The van der Waals surface area contributed by atoms with Gasteiger partial charge in [0.2, 0.25) is 21.8 Å². The minimum Gasteiger partial charge on any atom is -0.369 e. The smallest absolute Gasteiger partial charge is 0.236 e. The number of primary amides is 1. The molecule has 9 heteroatoms. The number of hydrogen-bond donors (Lipinski definition) is 1. The summed E-state index contributed by atoms with van der Waals surface area (Å²) in [4.78, 5) is 27.9. The number of amides is 2. The van der Waals surface area contributed by atoms with Crippen LogP contribution in [0.2, 0.25) is 0 Å². The molecule has 1 aliphatic carbocycles. The van der Waals surface area contributed by atoms with Crippen molar-refractivity contribution in [3.63, 3.8) is 0 Å². The van der Waals surface area contributed by atoms with E-state index in [1.54, 1.807) is 17.0 Å². The van der Waals surface area contributed by atoms with Gasteiger partial charge < -0.3 is 10.6 Å². The molecule has 0 unspecified atom stereocenters. The van der Waals surface area contributed by atoms with Crippen LogP contribution in [0, 0.1) is 5.92 Å². The normalized spacial score (nSPS) is 18.7. The van der Waals surface area contributed by atoms with Crippen molar-refractivity contribution in [2.45, 2.75) is 44.3 Å². The number of hydrogen-bond acceptors (Lipinski definition) is 5. The molecule has 1 aliphatic heterocycles. The number of nitrogens with two attached hydrogens (primary N) is 1. The average Bonchev–Trinajstić information content (AvgIpc) is 2.78. The lowest BCUT2D eigenvalue weighted by molar-refractivity contribution is -0.134. The zero-order chi connectivity index (χ0) is 23.0. The molecule has 2 aliphatic rings. The van der Waals surface area contributed by atoms with Crippen molar-refractivity contribution < 1.29 is 18.0 Å². The lowest BCUT2D eigenvalue weighted by Crippen LogP contribution is -2.53. The zero-order valence-corrected chi connectivity index (χ0v) is 19.6. The second kappa shape index (κ2) is 11.8. The van der Waals surface area contributed by atoms with Crippen LogP contribution in [0.3, 0.4) is 0 Å². The number of carbonyl (C=O) groups excluding carboxylic acids is 2. The summed E-state index contributed by atoms with van der Waals surface area (Å²) in [6.45, 7) is 2.21. The summed E-state index contributed by atoms with van der Waals surface area (Å²) in [6.07, 6.45) is 7.24. The third-order valence-electron chi connectivity index (χ3n) is 6.49. The van der Waals surface area contributed by atoms with Crippen molar-refractivity contribution in [2.75, 3.05) is 45.8 Å². The van der Waals surface area contributed by atoms with Gasteiger partial charge in [0.15, 0.2) is 0 Å². The van der Waals surface area contributed by atoms with Gasteiger partial charge in [0.05, 0.1) is 18.8 Å². The van der Waals surface area contributed by atoms with Gasteiger partial charge in [-0.2, -0.15) is 4.31 Å². The van der Waals surface area contributed by atoms with Crippen LogP contribution in [0.1, 0.15) is 44.1 Å². The molecule has 0 radical (unpaired) electrons. The maximum absolute atomic E-state index is 12.9. The molecule has 8 nitrogen and oxygen atoms in total. The molecular formula is C23H36N4O4S. The number of carbonyl (C=O) groups is 2. The van der Waals surface area contributed by atoms with Gasteiger partial charge in [-0.25, -0.2) is 8.42 Å². The molecule has 1 saturated carbocycles. The number of sulfonamides is 1. The average molecular weight is 465 g/mol. The zero-order valence-electron chi connectivity index (χ0n) is 18.8. The summed E-state index contributed by atoms with van der Waals surface area (Å²) in [6, 6.07) is 9.12. The monoisotopic (exact) mass is 464 g/mol. The van der Waals surface area contributed by atoms with E-state index in [2.05, 4.69) is 0 Å². The standard InChI is InChI=1S/C23H36N4O4S/c24-22(28)17-25(12-11-20-7-3-1-4-8-20)18-23(29)26-13-15-27(16-14-26)32(30,31)19-21-9-5-2-6-10-21/h2,5-6,9-10,20H,1,3-4,7-8,11-19H2,(H2,24,28). The first-order chi connectivity index (χ1) is 15.3. The van der Waals surface area contributed by atoms with Gasteiger partial charge >= 0.3 is 0 Å². The Morgan fingerprint density at radius 2 is 1.62 bits per heavy atom. The summed E-state index contributed by atoms with van der Waals surface area (Å²) in [5, 5.41) is 0. The highest BCUT2D eigenvalue weighted by molar-refractivity contribution is 7.88. The van der Waals surface area contributed by atoms with Gasteiger partial charge in [-0.05, 0) is 24.4 Å². The quantitative estimate of drug-likeness (QED) is 0.564. The van der Waals surface area contributed by atoms with E-state index in [1.165, 1.54) is 36.4 Å². The molecule has 2 fully saturated rings. The number of rotatable bonds is 10. The van der Waals surface area contributed by atoms with E-state index in [0.717, 1.165) is 12.0 Å². The Morgan fingerprint density at radius 1 is 0.969 bits per heavy atom. The number of nitrogens with zero attached hydrogens (tertiary/aromatic N) is 3. The maximum atomic E-state index is 12.9. The summed E-state index contributed by atoms with van der Waals surface area (Å²) in [5.41, 5.74) is 6.16. The minimum atomic E-state index is -3.42. The van der Waals surface area contributed by atoms with Gasteiger partial charge in [-0.1, -0.05) is 62.4 Å². The second-order valence-corrected chi connectivity index (χ2v) is 11.0. The highest BCUT2D eigenvalue weighted by Crippen LogP contribution is 2.26. The molecule has 0 aromatic heterocycles. The van der Waals surface area contributed by atoms with Crippen LogP contribution in [-0.2, 0) is 25.4 Å². The fourth-order valence-corrected chi connectivity index (χ4v) is 6.17. The van der Waals surface area contributed by atoms with Crippen molar-refractivity contribution in [1.29, 1.82) is 0 Å². The van der Waals surface area contributed by atoms with Crippen molar-refractivity contribution in [1.82, 2.24) is 14.1 Å². The third kappa shape index (κ3) is 7.56. The largest absolute Gasteiger partial charge is 0.369 e. The van der Waals surface area contributed by atoms with Crippen LogP contribution >= 0.6 is 0 Å². The van der Waals surface area contributed by atoms with Gasteiger partial charge in [0.25, 0.3) is 0 Å². The molecule has 0 spiro atoms. The molecule has 2 amide bonds. The number of benzene rings is 1. The third-order valence-corrected chi connectivity index (χ3v) is 8.34. The van der Waals surface area contributed by atoms with Crippen LogP contribution in [0.5, 0.6) is 0 Å². The first-order valence-electron chi connectivity index (χ1n) is 11.6. The van der Waals surface area contributed by atoms with Gasteiger partial charge in [0, 0.05) is 26.2 Å². The van der Waals surface area contributed by atoms with E-state index in [9.17, 15) is 18.0 Å². The van der Waals surface area contributed by atoms with Crippen molar-refractivity contribution >= 4 is 21.8 Å². The first kappa shape index (κ1) is 24.7. The molecule has 1 saturated heterocycles. The van der Waals surface area contributed by atoms with Gasteiger partial charge in [0.1, 0.15) is 0 Å². The summed E-state index contributed by atoms with van der Waals surface area (Å²) in [7, 11) is -3.42. The van der Waals surface area contributed by atoms with E-state index >= 15 is 0 Å². The lowest BCUT2D eigenvalue weighted by atomic mass is 9.87. The predicted molar refractivity (Wildman–Crippen MR) is 124 cm³/mol. The Labute approximate surface area is 191 Å². The molecule has 178 valence electrons. The molecular weight excluding hydrogens is 428 g/mol. The minimum absolute atomic E-state index is 0.0324. The van der Waals surface area contributed by atoms with Crippen LogP contribution in [-0.4, -0.2) is 80.2 Å². The van der Waals surface area contributed by atoms with Gasteiger partial charge in [-0.3, -0.25) is 14.5 Å². The van der Waals surface area contributed by atoms with Crippen LogP contribution < -0.4 is 5.73 Å². The Hall–Kier alpha value is -1.97. The summed E-state index contributed by atoms with van der Waals surface area (Å²) >= 11 is 0. The molecule has 0 bridgehead atoms. The molecule has 32 heavy (non-hydrogen) atoms. The molecule has 1 aromatic carbocycles. The predicted octanol–water partition coefficient (Wildman–Crippen LogP) is 1.42. The van der Waals surface area contributed by atoms with E-state index in [1.807, 2.05) is 23.1 Å². The molecule has 1 heterocycles. The topological polar surface area (TPSA) is 104 Å². The van der Waals surface area contributed by atoms with E-state index < -0.39 is 15.9 Å². The maximum Gasteiger partial charge on any atom is 0.236 e. The Bertz CT molecular complexity index is 848. The summed E-state index contributed by atoms with van der Waals surface area (Å²) < 4.78 is 26.9. The second-order valence-electron chi connectivity index (χ2n) is 8.99. The van der Waals surface area contributed by atoms with Gasteiger partial charge in [-0.15, -0.1) is 0 Å². The van der Waals surface area contributed by atoms with Crippen LogP contribution in [0.4, 0.5) is 0 Å². The Balaban J connectivity index is 1.48. The number of piperazine rings is 1. The van der Waals surface area contributed by atoms with Crippen molar-refractivity contribution in [3.8, 4) is 0 Å². The molecule has 0 atom stereocenters. The van der Waals surface area contributed by atoms with E-state index in [-0.39, 0.29) is 24.7 Å². The SMILES string of the molecule is NC(=O)CN(CCC1CCCCC1)CC(=O)N1CCN(S(=O)(=O)Cc2ccccc2)CC1. The van der Waals surface area contributed by atoms with Crippen molar-refractivity contribution in [3.05, 3.63) is 35.9 Å². The van der Waals surface area contributed by atoms with Crippen LogP contribution in [0.25, 0.3) is 0 Å². The molecule has 3 rings (SSSR count). The van der Waals surface area contributed by atoms with Crippen molar-refractivity contribution in [2.24, 2.45) is 11.7 Å². The van der Waals surface area contributed by atoms with E-state index in [4.69, 9.17) is 5.73 Å². The van der Waals surface area contributed by atoms with E-state index in [0.29, 0.717) is 38.6 Å². The molecule has 1 aromatic rings. The highest BCUT2D eigenvalue weighted by atomic mass is 32.2. The fourth-order valence-electron chi connectivity index (χ4n) is 4.66. The first-order valence-corrected chi connectivity index (χ1v) is 13.2. The fraction of sp³-hybridized carbons (Fsp3) is 0.652. The summed E-state index contributed by atoms with van der Waals surface area (Å²) in [5.74, 6) is 0.121. The molecule has 2 N–H and O–H groups in total. The Kier molecular flexibility index (Phi) is 9.07. The Morgan fingerprint density at radius 3 is 2.25 bits per heavy atom. The van der Waals surface area contributed by atoms with Crippen LogP contribution in [0.15, 0.2) is 30.3 Å². The lowest BCUT2D eigenvalue weighted by Gasteiger charge is -2.35. The highest BCUT2D eigenvalue weighted by Gasteiger charge is 2.29.